The van der Waals surface area contributed by atoms with Crippen molar-refractivity contribution in [1.82, 2.24) is 9.97 Å². The summed E-state index contributed by atoms with van der Waals surface area (Å²) in [6, 6.07) is 17.4. The van der Waals surface area contributed by atoms with Gasteiger partial charge < -0.3 is 5.32 Å². The highest BCUT2D eigenvalue weighted by Gasteiger charge is 2.14. The molecule has 0 aliphatic rings. The van der Waals surface area contributed by atoms with Crippen molar-refractivity contribution in [2.45, 2.75) is 13.3 Å². The van der Waals surface area contributed by atoms with Crippen molar-refractivity contribution < 1.29 is 4.79 Å². The highest BCUT2D eigenvalue weighted by Crippen LogP contribution is 2.26. The molecule has 4 nitrogen and oxygen atoms in total. The van der Waals surface area contributed by atoms with Crippen LogP contribution in [0.2, 0.25) is 0 Å². The average molecular weight is 303 g/mol. The molecule has 0 spiro atoms. The molecule has 1 amide bonds. The Labute approximate surface area is 135 Å². The van der Waals surface area contributed by atoms with Crippen LogP contribution in [-0.4, -0.2) is 15.9 Å². The van der Waals surface area contributed by atoms with E-state index in [1.165, 1.54) is 0 Å². The van der Waals surface area contributed by atoms with Gasteiger partial charge in [0.05, 0.1) is 0 Å². The zero-order valence-electron chi connectivity index (χ0n) is 12.9. The third-order valence-electron chi connectivity index (χ3n) is 3.61. The second-order valence-corrected chi connectivity index (χ2v) is 5.08. The molecule has 2 aromatic heterocycles. The lowest BCUT2D eigenvalue weighted by Crippen LogP contribution is -2.17. The van der Waals surface area contributed by atoms with E-state index >= 15 is 0 Å². The van der Waals surface area contributed by atoms with E-state index in [4.69, 9.17) is 0 Å². The van der Waals surface area contributed by atoms with Gasteiger partial charge in [0.15, 0.2) is 0 Å². The Morgan fingerprint density at radius 1 is 0.957 bits per heavy atom. The normalized spacial score (nSPS) is 10.3. The number of nitrogens with one attached hydrogen (secondary N) is 1. The molecule has 0 unspecified atom stereocenters. The summed E-state index contributed by atoms with van der Waals surface area (Å²) in [4.78, 5) is 21.1. The SMILES string of the molecule is CCc1cccnc1C(=O)Nc1ncccc1-c1ccccc1. The highest BCUT2D eigenvalue weighted by atomic mass is 16.1. The minimum Gasteiger partial charge on any atom is -0.305 e. The van der Waals surface area contributed by atoms with E-state index in [9.17, 15) is 4.79 Å². The molecule has 23 heavy (non-hydrogen) atoms. The van der Waals surface area contributed by atoms with Gasteiger partial charge in [0.2, 0.25) is 0 Å². The molecule has 114 valence electrons. The summed E-state index contributed by atoms with van der Waals surface area (Å²) in [5.74, 6) is 0.301. The van der Waals surface area contributed by atoms with E-state index in [1.807, 2.05) is 61.5 Å². The van der Waals surface area contributed by atoms with Crippen molar-refractivity contribution >= 4 is 11.7 Å². The lowest BCUT2D eigenvalue weighted by atomic mass is 10.1. The Kier molecular flexibility index (Phi) is 4.43. The molecule has 1 N–H and O–H groups in total. The predicted molar refractivity (Wildman–Crippen MR) is 91.2 cm³/mol. The van der Waals surface area contributed by atoms with E-state index in [2.05, 4.69) is 15.3 Å². The number of pyridine rings is 2. The number of benzene rings is 1. The first-order valence-corrected chi connectivity index (χ1v) is 7.55. The van der Waals surface area contributed by atoms with Crippen LogP contribution in [0.3, 0.4) is 0 Å². The first-order valence-electron chi connectivity index (χ1n) is 7.55. The fourth-order valence-corrected chi connectivity index (χ4v) is 2.45. The number of anilines is 1. The third-order valence-corrected chi connectivity index (χ3v) is 3.61. The fraction of sp³-hybridized carbons (Fsp3) is 0.105. The van der Waals surface area contributed by atoms with Crippen molar-refractivity contribution in [2.24, 2.45) is 0 Å². The molecule has 1 aromatic carbocycles. The molecule has 0 atom stereocenters. The predicted octanol–water partition coefficient (Wildman–Crippen LogP) is 3.96. The maximum Gasteiger partial charge on any atom is 0.275 e. The Bertz CT molecular complexity index is 816. The fourth-order valence-electron chi connectivity index (χ4n) is 2.45. The van der Waals surface area contributed by atoms with Crippen LogP contribution in [-0.2, 0) is 6.42 Å². The topological polar surface area (TPSA) is 54.9 Å². The van der Waals surface area contributed by atoms with Crippen molar-refractivity contribution in [3.05, 3.63) is 78.2 Å². The molecule has 0 fully saturated rings. The minimum atomic E-state index is -0.238. The lowest BCUT2D eigenvalue weighted by molar-refractivity contribution is 0.102. The van der Waals surface area contributed by atoms with Crippen LogP contribution in [0.15, 0.2) is 67.0 Å². The van der Waals surface area contributed by atoms with Gasteiger partial charge in [-0.2, -0.15) is 0 Å². The smallest absolute Gasteiger partial charge is 0.275 e. The number of carbonyl (C=O) groups excluding carboxylic acids is 1. The number of amides is 1. The number of carbonyl (C=O) groups is 1. The second kappa shape index (κ2) is 6.83. The maximum absolute atomic E-state index is 12.6. The molecule has 0 saturated heterocycles. The van der Waals surface area contributed by atoms with Crippen LogP contribution in [0.4, 0.5) is 5.82 Å². The monoisotopic (exact) mass is 303 g/mol. The van der Waals surface area contributed by atoms with Crippen molar-refractivity contribution in [2.75, 3.05) is 5.32 Å². The summed E-state index contributed by atoms with van der Waals surface area (Å²) in [6.45, 7) is 2.00. The molecular weight excluding hydrogens is 286 g/mol. The molecule has 3 rings (SSSR count). The third kappa shape index (κ3) is 3.26. The molecule has 0 saturated carbocycles. The van der Waals surface area contributed by atoms with Gasteiger partial charge >= 0.3 is 0 Å². The van der Waals surface area contributed by atoms with Gasteiger partial charge in [0.25, 0.3) is 5.91 Å². The van der Waals surface area contributed by atoms with Gasteiger partial charge in [-0.3, -0.25) is 9.78 Å². The van der Waals surface area contributed by atoms with Crippen LogP contribution in [0.25, 0.3) is 11.1 Å². The molecule has 0 aliphatic carbocycles. The maximum atomic E-state index is 12.6. The number of hydrogen-bond acceptors (Lipinski definition) is 3. The highest BCUT2D eigenvalue weighted by molar-refractivity contribution is 6.05. The number of nitrogens with zero attached hydrogens (tertiary/aromatic N) is 2. The van der Waals surface area contributed by atoms with E-state index in [0.29, 0.717) is 11.5 Å². The average Bonchev–Trinajstić information content (AvgIpc) is 2.63. The zero-order valence-corrected chi connectivity index (χ0v) is 12.9. The van der Waals surface area contributed by atoms with Crippen LogP contribution in [0, 0.1) is 0 Å². The summed E-state index contributed by atoms with van der Waals surface area (Å²) < 4.78 is 0. The quantitative estimate of drug-likeness (QED) is 0.793. The summed E-state index contributed by atoms with van der Waals surface area (Å²) in [5.41, 5.74) is 3.25. The van der Waals surface area contributed by atoms with Gasteiger partial charge in [-0.1, -0.05) is 43.3 Å². The number of aromatic nitrogens is 2. The Morgan fingerprint density at radius 2 is 1.70 bits per heavy atom. The van der Waals surface area contributed by atoms with Gasteiger partial charge in [-0.25, -0.2) is 4.98 Å². The first kappa shape index (κ1) is 14.9. The van der Waals surface area contributed by atoms with E-state index in [0.717, 1.165) is 23.1 Å². The Morgan fingerprint density at radius 3 is 2.48 bits per heavy atom. The summed E-state index contributed by atoms with van der Waals surface area (Å²) in [5, 5.41) is 2.89. The number of aryl methyl sites for hydroxylation is 1. The molecule has 2 heterocycles. The van der Waals surface area contributed by atoms with Crippen LogP contribution >= 0.6 is 0 Å². The number of rotatable bonds is 4. The van der Waals surface area contributed by atoms with Gasteiger partial charge in [0.1, 0.15) is 11.5 Å². The molecule has 0 bridgehead atoms. The molecule has 4 heteroatoms. The largest absolute Gasteiger partial charge is 0.305 e. The second-order valence-electron chi connectivity index (χ2n) is 5.08. The van der Waals surface area contributed by atoms with E-state index in [-0.39, 0.29) is 5.91 Å². The lowest BCUT2D eigenvalue weighted by Gasteiger charge is -2.11. The zero-order chi connectivity index (χ0) is 16.1. The Balaban J connectivity index is 1.93. The van der Waals surface area contributed by atoms with Gasteiger partial charge in [-0.15, -0.1) is 0 Å². The number of hydrogen-bond donors (Lipinski definition) is 1. The minimum absolute atomic E-state index is 0.238. The standard InChI is InChI=1S/C19H17N3O/c1-2-14-10-6-12-20-17(14)19(23)22-18-16(11-7-13-21-18)15-8-4-3-5-9-15/h3-13H,2H2,1H3,(H,21,22,23). The Hall–Kier alpha value is -3.01. The van der Waals surface area contributed by atoms with Gasteiger partial charge in [-0.05, 0) is 35.7 Å². The van der Waals surface area contributed by atoms with E-state index < -0.39 is 0 Å². The van der Waals surface area contributed by atoms with Crippen LogP contribution in [0.5, 0.6) is 0 Å². The summed E-state index contributed by atoms with van der Waals surface area (Å²) >= 11 is 0. The molecular formula is C19H17N3O. The summed E-state index contributed by atoms with van der Waals surface area (Å²) in [7, 11) is 0. The van der Waals surface area contributed by atoms with Crippen molar-refractivity contribution in [1.29, 1.82) is 0 Å². The van der Waals surface area contributed by atoms with Gasteiger partial charge in [0, 0.05) is 18.0 Å². The molecule has 0 aliphatic heterocycles. The van der Waals surface area contributed by atoms with Crippen molar-refractivity contribution in [3.8, 4) is 11.1 Å². The first-order chi connectivity index (χ1) is 11.3. The van der Waals surface area contributed by atoms with Crippen LogP contribution in [0.1, 0.15) is 23.0 Å². The molecule has 3 aromatic rings. The van der Waals surface area contributed by atoms with Crippen molar-refractivity contribution in [3.63, 3.8) is 0 Å². The van der Waals surface area contributed by atoms with Crippen LogP contribution < -0.4 is 5.32 Å². The summed E-state index contributed by atoms with van der Waals surface area (Å²) in [6.07, 6.45) is 4.05. The molecule has 0 radical (unpaired) electrons. The van der Waals surface area contributed by atoms with E-state index in [1.54, 1.807) is 12.4 Å².